The average Bonchev–Trinajstić information content (AvgIpc) is 2.17. The maximum absolute atomic E-state index is 5.37. The Hall–Kier alpha value is -0.725. The fourth-order valence-electron chi connectivity index (χ4n) is 0.575. The summed E-state index contributed by atoms with van der Waals surface area (Å²) in [6.07, 6.45) is 0. The summed E-state index contributed by atoms with van der Waals surface area (Å²) >= 11 is 0. The Morgan fingerprint density at radius 1 is 1.71 bits per heavy atom. The van der Waals surface area contributed by atoms with E-state index < -0.39 is 0 Å². The molecule has 3 heteroatoms. The highest BCUT2D eigenvalue weighted by atomic mass is 14.7. The molecule has 0 radical (unpaired) electrons. The predicted octanol–water partition coefficient (Wildman–Crippen LogP) is -1.10. The Bertz CT molecular complexity index is 178. The molecule has 0 saturated carbocycles. The van der Waals surface area contributed by atoms with Gasteiger partial charge in [0, 0.05) is 0 Å². The molecule has 36 valence electrons. The van der Waals surface area contributed by atoms with E-state index in [1.165, 1.54) is 0 Å². The van der Waals surface area contributed by atoms with Gasteiger partial charge in [-0.25, -0.2) is 0 Å². The third-order valence-corrected chi connectivity index (χ3v) is 1.18. The van der Waals surface area contributed by atoms with Crippen LogP contribution in [0.15, 0.2) is 4.90 Å². The third kappa shape index (κ3) is 0.445. The molecular weight excluding hydrogens is 86.9 g/mol. The van der Waals surface area contributed by atoms with Crippen LogP contribution in [0.2, 0.25) is 0 Å². The van der Waals surface area contributed by atoms with Gasteiger partial charge in [-0.1, -0.05) is 0 Å². The lowest BCUT2D eigenvalue weighted by Gasteiger charge is -1.57. The van der Waals surface area contributed by atoms with E-state index in [0.717, 1.165) is 16.6 Å². The van der Waals surface area contributed by atoms with E-state index in [0.29, 0.717) is 0 Å². The van der Waals surface area contributed by atoms with Gasteiger partial charge in [-0.05, 0) is 12.5 Å². The first-order valence-corrected chi connectivity index (χ1v) is 2.21. The van der Waals surface area contributed by atoms with E-state index in [-0.39, 0.29) is 0 Å². The Balaban J connectivity index is 3.03. The number of hydrogen-bond acceptors (Lipinski definition) is 2. The molecule has 0 fully saturated rings. The smallest absolute Gasteiger partial charge is 0.245 e. The second-order valence-electron chi connectivity index (χ2n) is 1.61. The van der Waals surface area contributed by atoms with E-state index in [1.807, 2.05) is 6.92 Å². The normalized spacial score (nSPS) is 13.6. The quantitative estimate of drug-likeness (QED) is 0.407. The predicted molar refractivity (Wildman–Crippen MR) is 32.1 cm³/mol. The van der Waals surface area contributed by atoms with Crippen LogP contribution in [-0.2, 0) is 0 Å². The molecule has 1 aromatic rings. The molecule has 0 aliphatic rings. The third-order valence-electron chi connectivity index (χ3n) is 1.18. The van der Waals surface area contributed by atoms with Crippen molar-refractivity contribution < 1.29 is 0 Å². The lowest BCUT2D eigenvalue weighted by molar-refractivity contribution is 1.56. The zero-order chi connectivity index (χ0) is 5.44. The highest BCUT2D eigenvalue weighted by Crippen LogP contribution is 2.06. The summed E-state index contributed by atoms with van der Waals surface area (Å²) in [7, 11) is 1.75. The Labute approximate surface area is 43.2 Å². The van der Waals surface area contributed by atoms with Crippen molar-refractivity contribution in [2.24, 2.45) is 4.90 Å². The van der Waals surface area contributed by atoms with Crippen molar-refractivity contribution in [3.05, 3.63) is 10.9 Å². The SMILES string of the molecule is BN=c1c(C)c1N. The first kappa shape index (κ1) is 4.43. The van der Waals surface area contributed by atoms with Crippen LogP contribution in [0.3, 0.4) is 0 Å². The van der Waals surface area contributed by atoms with Crippen LogP contribution in [0.1, 0.15) is 5.56 Å². The number of rotatable bonds is 0. The molecule has 0 aliphatic carbocycles. The Kier molecular flexibility index (Phi) is 0.710. The van der Waals surface area contributed by atoms with Gasteiger partial charge in [-0.2, -0.15) is 0 Å². The monoisotopic (exact) mass is 94.1 g/mol. The van der Waals surface area contributed by atoms with Gasteiger partial charge in [0.05, 0.1) is 11.0 Å². The lowest BCUT2D eigenvalue weighted by Crippen LogP contribution is -1.85. The van der Waals surface area contributed by atoms with Crippen molar-refractivity contribution in [3.63, 3.8) is 0 Å². The minimum absolute atomic E-state index is 0.877. The lowest BCUT2D eigenvalue weighted by atomic mass is 10.5. The molecule has 2 N–H and O–H groups in total. The summed E-state index contributed by atoms with van der Waals surface area (Å²) in [6, 6.07) is 0. The molecule has 0 aromatic heterocycles. The van der Waals surface area contributed by atoms with Crippen molar-refractivity contribution >= 4 is 13.7 Å². The summed E-state index contributed by atoms with van der Waals surface area (Å²) in [4.78, 5) is 3.88. The van der Waals surface area contributed by atoms with Crippen LogP contribution in [0.25, 0.3) is 0 Å². The molecule has 7 heavy (non-hydrogen) atoms. The van der Waals surface area contributed by atoms with Crippen LogP contribution in [-0.4, -0.2) is 7.98 Å². The maximum Gasteiger partial charge on any atom is 0.245 e. The van der Waals surface area contributed by atoms with E-state index >= 15 is 0 Å². The van der Waals surface area contributed by atoms with Crippen molar-refractivity contribution in [3.8, 4) is 0 Å². The Morgan fingerprint density at radius 2 is 2.14 bits per heavy atom. The molecule has 0 bridgehead atoms. The van der Waals surface area contributed by atoms with Gasteiger partial charge in [0.15, 0.2) is 0 Å². The zero-order valence-electron chi connectivity index (χ0n) is 4.52. The highest BCUT2D eigenvalue weighted by Gasteiger charge is 2.06. The van der Waals surface area contributed by atoms with Crippen LogP contribution >= 0.6 is 0 Å². The van der Waals surface area contributed by atoms with Crippen molar-refractivity contribution in [1.29, 1.82) is 0 Å². The maximum atomic E-state index is 5.37. The summed E-state index contributed by atoms with van der Waals surface area (Å²) in [6.45, 7) is 1.97. The van der Waals surface area contributed by atoms with E-state index in [9.17, 15) is 0 Å². The van der Waals surface area contributed by atoms with Gasteiger partial charge >= 0.3 is 0 Å². The number of nitrogen functional groups attached to an aromatic ring is 1. The highest BCUT2D eigenvalue weighted by molar-refractivity contribution is 6.05. The second-order valence-corrected chi connectivity index (χ2v) is 1.61. The van der Waals surface area contributed by atoms with Gasteiger partial charge in [0.1, 0.15) is 0 Å². The summed E-state index contributed by atoms with van der Waals surface area (Å²) in [5.41, 5.74) is 7.40. The molecule has 1 rings (SSSR count). The molecule has 1 aromatic carbocycles. The van der Waals surface area contributed by atoms with E-state index in [4.69, 9.17) is 5.73 Å². The van der Waals surface area contributed by atoms with Crippen molar-refractivity contribution in [2.75, 3.05) is 5.73 Å². The number of hydrogen-bond donors (Lipinski definition) is 1. The number of anilines is 1. The number of nitrogens with zero attached hydrogens (tertiary/aromatic N) is 1. The Morgan fingerprint density at radius 3 is 2.14 bits per heavy atom. The summed E-state index contributed by atoms with van der Waals surface area (Å²) in [5, 5.41) is 1.00. The molecule has 0 atom stereocenters. The first-order valence-electron chi connectivity index (χ1n) is 2.21. The minimum Gasteiger partial charge on any atom is -0.397 e. The average molecular weight is 93.9 g/mol. The second kappa shape index (κ2) is 1.12. The van der Waals surface area contributed by atoms with Crippen LogP contribution in [0.5, 0.6) is 0 Å². The first-order chi connectivity index (χ1) is 3.27. The molecule has 0 saturated heterocycles. The van der Waals surface area contributed by atoms with Gasteiger partial charge < -0.3 is 10.6 Å². The fourth-order valence-corrected chi connectivity index (χ4v) is 0.575. The zero-order valence-corrected chi connectivity index (χ0v) is 4.52. The van der Waals surface area contributed by atoms with Crippen molar-refractivity contribution in [1.82, 2.24) is 0 Å². The van der Waals surface area contributed by atoms with Crippen LogP contribution < -0.4 is 11.1 Å². The van der Waals surface area contributed by atoms with Crippen molar-refractivity contribution in [2.45, 2.75) is 6.92 Å². The van der Waals surface area contributed by atoms with E-state index in [1.54, 1.807) is 7.98 Å². The summed E-state index contributed by atoms with van der Waals surface area (Å²) < 4.78 is 0. The molecule has 0 unspecified atom stereocenters. The van der Waals surface area contributed by atoms with Crippen LogP contribution in [0.4, 0.5) is 5.69 Å². The van der Waals surface area contributed by atoms with Gasteiger partial charge in [-0.3, -0.25) is 0 Å². The van der Waals surface area contributed by atoms with Gasteiger partial charge in [-0.15, -0.1) is 0 Å². The summed E-state index contributed by atoms with van der Waals surface area (Å²) in [5.74, 6) is 0. The molecule has 0 spiro atoms. The molecule has 0 heterocycles. The minimum atomic E-state index is 0.877. The van der Waals surface area contributed by atoms with Gasteiger partial charge in [0.2, 0.25) is 7.98 Å². The fraction of sp³-hybridized carbons (Fsp3) is 0.250. The van der Waals surface area contributed by atoms with E-state index in [2.05, 4.69) is 4.90 Å². The largest absolute Gasteiger partial charge is 0.397 e. The molecular formula is C4H7BN2. The molecule has 0 aliphatic heterocycles. The topological polar surface area (TPSA) is 38.4 Å². The molecule has 0 amide bonds. The molecule has 2 nitrogen and oxygen atoms in total. The number of nitrogens with two attached hydrogens (primary N) is 1. The van der Waals surface area contributed by atoms with Gasteiger partial charge in [0.25, 0.3) is 0 Å². The van der Waals surface area contributed by atoms with Crippen LogP contribution in [0, 0.1) is 6.92 Å². The standard InChI is InChI=1S/C4H7BN2/c1-2-3(6)4(2)7-5/h5-6H2,1H3.